The van der Waals surface area contributed by atoms with Crippen molar-refractivity contribution in [3.05, 3.63) is 21.7 Å². The summed E-state index contributed by atoms with van der Waals surface area (Å²) in [5.41, 5.74) is 0.0352. The molecule has 21 heavy (non-hydrogen) atoms. The number of aryl methyl sites for hydroxylation is 1. The fraction of sp³-hybridized carbons (Fsp3) is 0.538. The van der Waals surface area contributed by atoms with Crippen LogP contribution in [0.15, 0.2) is 9.82 Å². The molecule has 7 nitrogen and oxygen atoms in total. The summed E-state index contributed by atoms with van der Waals surface area (Å²) < 4.78 is 0. The first-order valence-corrected chi connectivity index (χ1v) is 7.67. The third-order valence-electron chi connectivity index (χ3n) is 2.82. The van der Waals surface area contributed by atoms with Crippen LogP contribution in [0.1, 0.15) is 36.3 Å². The van der Waals surface area contributed by atoms with Crippen molar-refractivity contribution in [2.45, 2.75) is 38.3 Å². The number of nitrogens with zero attached hydrogens (tertiary/aromatic N) is 1. The first kappa shape index (κ1) is 17.2. The van der Waals surface area contributed by atoms with E-state index in [0.29, 0.717) is 12.1 Å². The van der Waals surface area contributed by atoms with Gasteiger partial charge in [0.25, 0.3) is 5.91 Å². The maximum absolute atomic E-state index is 12.3. The number of aromatic nitrogens is 2. The molecule has 8 heteroatoms. The summed E-state index contributed by atoms with van der Waals surface area (Å²) in [6, 6.07) is -0.974. The largest absolute Gasteiger partial charge is 0.480 e. The van der Waals surface area contributed by atoms with E-state index in [9.17, 15) is 14.4 Å². The van der Waals surface area contributed by atoms with Gasteiger partial charge in [-0.25, -0.2) is 9.59 Å². The predicted molar refractivity (Wildman–Crippen MR) is 79.7 cm³/mol. The van der Waals surface area contributed by atoms with Crippen LogP contribution in [0.3, 0.4) is 0 Å². The molecule has 0 spiro atoms. The molecule has 0 aromatic carbocycles. The Kier molecular flexibility index (Phi) is 5.95. The molecule has 0 fully saturated rings. The lowest BCUT2D eigenvalue weighted by atomic mass is 10.0. The van der Waals surface area contributed by atoms with Gasteiger partial charge >= 0.3 is 11.7 Å². The van der Waals surface area contributed by atoms with Crippen LogP contribution in [0.4, 0.5) is 0 Å². The van der Waals surface area contributed by atoms with E-state index in [1.807, 2.05) is 13.8 Å². The minimum absolute atomic E-state index is 0.126. The van der Waals surface area contributed by atoms with Crippen LogP contribution in [0.5, 0.6) is 0 Å². The van der Waals surface area contributed by atoms with E-state index < -0.39 is 23.6 Å². The zero-order valence-corrected chi connectivity index (χ0v) is 13.2. The van der Waals surface area contributed by atoms with E-state index in [4.69, 9.17) is 5.11 Å². The molecule has 1 amide bonds. The number of carbonyl (C=O) groups is 2. The maximum atomic E-state index is 12.3. The van der Waals surface area contributed by atoms with Crippen molar-refractivity contribution in [1.82, 2.24) is 15.3 Å². The van der Waals surface area contributed by atoms with Gasteiger partial charge in [-0.15, -0.1) is 11.8 Å². The van der Waals surface area contributed by atoms with Gasteiger partial charge in [-0.05, 0) is 25.5 Å². The minimum Gasteiger partial charge on any atom is -0.480 e. The van der Waals surface area contributed by atoms with Crippen LogP contribution in [-0.2, 0) is 4.79 Å². The highest BCUT2D eigenvalue weighted by Crippen LogP contribution is 2.18. The van der Waals surface area contributed by atoms with Gasteiger partial charge in [0.2, 0.25) is 0 Å². The lowest BCUT2D eigenvalue weighted by molar-refractivity contribution is -0.139. The van der Waals surface area contributed by atoms with Crippen molar-refractivity contribution >= 4 is 23.6 Å². The zero-order valence-electron chi connectivity index (χ0n) is 12.4. The quantitative estimate of drug-likeness (QED) is 0.534. The smallest absolute Gasteiger partial charge is 0.346 e. The monoisotopic (exact) mass is 313 g/mol. The second kappa shape index (κ2) is 7.26. The molecule has 0 aliphatic carbocycles. The molecule has 1 atom stereocenters. The molecule has 3 N–H and O–H groups in total. The second-order valence-corrected chi connectivity index (χ2v) is 5.84. The Morgan fingerprint density at radius 3 is 2.52 bits per heavy atom. The summed E-state index contributed by atoms with van der Waals surface area (Å²) in [5.74, 6) is -1.51. The van der Waals surface area contributed by atoms with Gasteiger partial charge in [0.05, 0.1) is 5.56 Å². The molecule has 0 saturated carbocycles. The van der Waals surface area contributed by atoms with Crippen LogP contribution in [0.25, 0.3) is 0 Å². The number of H-pyrrole nitrogens is 1. The zero-order chi connectivity index (χ0) is 16.2. The summed E-state index contributed by atoms with van der Waals surface area (Å²) in [4.78, 5) is 41.0. The van der Waals surface area contributed by atoms with E-state index >= 15 is 0 Å². The Morgan fingerprint density at radius 1 is 1.43 bits per heavy atom. The van der Waals surface area contributed by atoms with Gasteiger partial charge in [0, 0.05) is 5.69 Å². The third-order valence-corrected chi connectivity index (χ3v) is 3.50. The van der Waals surface area contributed by atoms with Crippen molar-refractivity contribution in [3.63, 3.8) is 0 Å². The van der Waals surface area contributed by atoms with E-state index in [-0.39, 0.29) is 16.5 Å². The van der Waals surface area contributed by atoms with E-state index in [0.717, 1.165) is 11.8 Å². The first-order valence-electron chi connectivity index (χ1n) is 6.44. The minimum atomic E-state index is -1.09. The fourth-order valence-corrected chi connectivity index (χ4v) is 2.52. The molecule has 0 aliphatic heterocycles. The molecule has 1 aromatic heterocycles. The van der Waals surface area contributed by atoms with Crippen LogP contribution in [0, 0.1) is 12.8 Å². The Hall–Kier alpha value is -1.83. The molecular formula is C13H19N3O4S. The van der Waals surface area contributed by atoms with Gasteiger partial charge < -0.3 is 15.4 Å². The fourth-order valence-electron chi connectivity index (χ4n) is 1.90. The van der Waals surface area contributed by atoms with Crippen LogP contribution < -0.4 is 11.0 Å². The molecule has 0 bridgehead atoms. The molecular weight excluding hydrogens is 294 g/mol. The van der Waals surface area contributed by atoms with Crippen molar-refractivity contribution in [2.75, 3.05) is 6.26 Å². The average molecular weight is 313 g/mol. The standard InChI is InChI=1S/C13H19N3O4S/c1-6(2)5-8(12(18)19)15-10(17)9-7(3)14-13(20)16-11(9)21-4/h6,8H,5H2,1-4H3,(H,15,17)(H,18,19)(H,14,16,20). The van der Waals surface area contributed by atoms with Gasteiger partial charge in [-0.2, -0.15) is 4.98 Å². The molecule has 0 radical (unpaired) electrons. The van der Waals surface area contributed by atoms with Gasteiger partial charge in [-0.3, -0.25) is 4.79 Å². The summed E-state index contributed by atoms with van der Waals surface area (Å²) in [5, 5.41) is 11.9. The summed E-state index contributed by atoms with van der Waals surface area (Å²) in [7, 11) is 0. The predicted octanol–water partition coefficient (Wildman–Crippen LogP) is 1.03. The number of thioether (sulfide) groups is 1. The lowest BCUT2D eigenvalue weighted by Crippen LogP contribution is -2.42. The Bertz CT molecular complexity index is 598. The maximum Gasteiger partial charge on any atom is 0.346 e. The second-order valence-electron chi connectivity index (χ2n) is 5.05. The van der Waals surface area contributed by atoms with Crippen LogP contribution >= 0.6 is 11.8 Å². The van der Waals surface area contributed by atoms with Crippen molar-refractivity contribution < 1.29 is 14.7 Å². The van der Waals surface area contributed by atoms with Crippen LogP contribution in [0.2, 0.25) is 0 Å². The highest BCUT2D eigenvalue weighted by atomic mass is 32.2. The molecule has 0 saturated heterocycles. The van der Waals surface area contributed by atoms with E-state index in [1.165, 1.54) is 0 Å². The van der Waals surface area contributed by atoms with Crippen molar-refractivity contribution in [3.8, 4) is 0 Å². The lowest BCUT2D eigenvalue weighted by Gasteiger charge is -2.17. The number of nitrogens with one attached hydrogen (secondary N) is 2. The molecule has 1 aromatic rings. The van der Waals surface area contributed by atoms with Crippen LogP contribution in [-0.4, -0.2) is 39.2 Å². The first-order chi connectivity index (χ1) is 9.76. The number of hydrogen-bond donors (Lipinski definition) is 3. The number of rotatable bonds is 6. The number of carboxylic acids is 1. The molecule has 1 rings (SSSR count). The third kappa shape index (κ3) is 4.59. The highest BCUT2D eigenvalue weighted by Gasteiger charge is 2.24. The Morgan fingerprint density at radius 2 is 2.05 bits per heavy atom. The average Bonchev–Trinajstić information content (AvgIpc) is 2.35. The molecule has 1 heterocycles. The highest BCUT2D eigenvalue weighted by molar-refractivity contribution is 7.98. The van der Waals surface area contributed by atoms with Gasteiger partial charge in [0.1, 0.15) is 11.1 Å². The number of aliphatic carboxylic acids is 1. The summed E-state index contributed by atoms with van der Waals surface area (Å²) in [6.45, 7) is 5.33. The molecule has 116 valence electrons. The van der Waals surface area contributed by atoms with Crippen molar-refractivity contribution in [1.29, 1.82) is 0 Å². The van der Waals surface area contributed by atoms with Crippen molar-refractivity contribution in [2.24, 2.45) is 5.92 Å². The van der Waals surface area contributed by atoms with E-state index in [1.54, 1.807) is 13.2 Å². The number of amides is 1. The number of carbonyl (C=O) groups excluding carboxylic acids is 1. The molecule has 1 unspecified atom stereocenters. The normalized spacial score (nSPS) is 12.2. The Balaban J connectivity index is 3.08. The topological polar surface area (TPSA) is 112 Å². The molecule has 0 aliphatic rings. The van der Waals surface area contributed by atoms with Gasteiger partial charge in [-0.1, -0.05) is 13.8 Å². The number of carboxylic acid groups (broad SMARTS) is 1. The number of aromatic amines is 1. The summed E-state index contributed by atoms with van der Waals surface area (Å²) >= 11 is 1.16. The SMILES string of the molecule is CSc1nc(=O)[nH]c(C)c1C(=O)NC(CC(C)C)C(=O)O. The summed E-state index contributed by atoms with van der Waals surface area (Å²) in [6.07, 6.45) is 2.02. The Labute approximate surface area is 126 Å². The van der Waals surface area contributed by atoms with E-state index in [2.05, 4.69) is 15.3 Å². The van der Waals surface area contributed by atoms with Gasteiger partial charge in [0.15, 0.2) is 0 Å². The number of hydrogen-bond acceptors (Lipinski definition) is 5.